The number of nitrogens with zero attached hydrogens (tertiary/aromatic N) is 1. The lowest BCUT2D eigenvalue weighted by atomic mass is 10.1. The number of benzene rings is 2. The number of hydrogen-bond acceptors (Lipinski definition) is 4. The number of carbonyl (C=O) groups excluding carboxylic acids is 1. The largest absolute Gasteiger partial charge is 0.484 e. The molecule has 0 aromatic heterocycles. The zero-order chi connectivity index (χ0) is 19.0. The minimum Gasteiger partial charge on any atom is -0.484 e. The predicted octanol–water partition coefficient (Wildman–Crippen LogP) is 2.65. The number of amides is 1. The van der Waals surface area contributed by atoms with Gasteiger partial charge in [-0.1, -0.05) is 18.2 Å². The molecule has 0 spiro atoms. The van der Waals surface area contributed by atoms with Crippen LogP contribution in [-0.2, 0) is 17.8 Å². The summed E-state index contributed by atoms with van der Waals surface area (Å²) in [4.78, 5) is 14.4. The number of aliphatic hydroxyl groups is 1. The van der Waals surface area contributed by atoms with Gasteiger partial charge in [-0.05, 0) is 17.7 Å². The fourth-order valence-corrected chi connectivity index (χ4v) is 3.44. The molecule has 1 saturated heterocycles. The SMILES string of the molecule is O=C1c2c(cccc2O[C@@H]2COCC[C@H]2O)CN1Cc1ccc(F)cc1F. The second-order valence-corrected chi connectivity index (χ2v) is 6.77. The molecule has 2 aliphatic rings. The molecule has 7 heteroatoms. The first-order chi connectivity index (χ1) is 13.0. The standard InChI is InChI=1S/C20H19F2NO4/c21-14-5-4-12(15(22)8-14)9-23-10-13-2-1-3-17(19(13)20(23)25)27-18-11-26-7-6-16(18)24/h1-5,8,16,18,24H,6-7,9-11H2/t16-,18-/m1/s1. The van der Waals surface area contributed by atoms with Gasteiger partial charge in [0.05, 0.1) is 18.3 Å². The summed E-state index contributed by atoms with van der Waals surface area (Å²) in [5.74, 6) is -1.24. The summed E-state index contributed by atoms with van der Waals surface area (Å²) in [6.07, 6.45) is -0.721. The monoisotopic (exact) mass is 375 g/mol. The van der Waals surface area contributed by atoms with E-state index >= 15 is 0 Å². The molecule has 2 heterocycles. The Morgan fingerprint density at radius 2 is 2.11 bits per heavy atom. The first kappa shape index (κ1) is 17.9. The van der Waals surface area contributed by atoms with Crippen molar-refractivity contribution in [3.05, 3.63) is 64.7 Å². The highest BCUT2D eigenvalue weighted by Gasteiger charge is 2.33. The third-order valence-corrected chi connectivity index (χ3v) is 4.90. The average Bonchev–Trinajstić information content (AvgIpc) is 2.96. The van der Waals surface area contributed by atoms with Gasteiger partial charge in [-0.15, -0.1) is 0 Å². The van der Waals surface area contributed by atoms with E-state index in [0.29, 0.717) is 30.9 Å². The van der Waals surface area contributed by atoms with E-state index in [1.54, 1.807) is 12.1 Å². The summed E-state index contributed by atoms with van der Waals surface area (Å²) in [5.41, 5.74) is 1.43. The van der Waals surface area contributed by atoms with E-state index < -0.39 is 23.8 Å². The Labute approximate surface area is 155 Å². The van der Waals surface area contributed by atoms with Gasteiger partial charge < -0.3 is 19.5 Å². The number of rotatable bonds is 4. The van der Waals surface area contributed by atoms with Crippen LogP contribution in [0, 0.1) is 11.6 Å². The Balaban J connectivity index is 1.55. The zero-order valence-electron chi connectivity index (χ0n) is 14.5. The maximum atomic E-state index is 13.9. The predicted molar refractivity (Wildman–Crippen MR) is 92.2 cm³/mol. The van der Waals surface area contributed by atoms with Crippen LogP contribution in [-0.4, -0.2) is 41.3 Å². The molecule has 1 N–H and O–H groups in total. The van der Waals surface area contributed by atoms with Crippen molar-refractivity contribution in [1.82, 2.24) is 4.90 Å². The quantitative estimate of drug-likeness (QED) is 0.893. The van der Waals surface area contributed by atoms with Gasteiger partial charge in [0.2, 0.25) is 0 Å². The van der Waals surface area contributed by atoms with Crippen molar-refractivity contribution in [2.45, 2.75) is 31.7 Å². The summed E-state index contributed by atoms with van der Waals surface area (Å²) < 4.78 is 38.3. The molecule has 0 radical (unpaired) electrons. The van der Waals surface area contributed by atoms with Gasteiger partial charge in [-0.2, -0.15) is 0 Å². The maximum Gasteiger partial charge on any atom is 0.258 e. The van der Waals surface area contributed by atoms with Gasteiger partial charge in [0.15, 0.2) is 0 Å². The van der Waals surface area contributed by atoms with Crippen LogP contribution < -0.4 is 4.74 Å². The molecule has 0 unspecified atom stereocenters. The first-order valence-corrected chi connectivity index (χ1v) is 8.80. The molecule has 1 fully saturated rings. The van der Waals surface area contributed by atoms with Crippen LogP contribution in [0.3, 0.4) is 0 Å². The van der Waals surface area contributed by atoms with Crippen molar-refractivity contribution >= 4 is 5.91 Å². The second-order valence-electron chi connectivity index (χ2n) is 6.77. The Morgan fingerprint density at radius 3 is 2.89 bits per heavy atom. The normalized spacial score (nSPS) is 22.0. The highest BCUT2D eigenvalue weighted by atomic mass is 19.1. The van der Waals surface area contributed by atoms with Crippen molar-refractivity contribution in [2.75, 3.05) is 13.2 Å². The van der Waals surface area contributed by atoms with E-state index in [1.165, 1.54) is 17.0 Å². The minimum atomic E-state index is -0.683. The molecular weight excluding hydrogens is 356 g/mol. The van der Waals surface area contributed by atoms with Crippen LogP contribution in [0.5, 0.6) is 5.75 Å². The van der Waals surface area contributed by atoms with Gasteiger partial charge in [-0.25, -0.2) is 8.78 Å². The Kier molecular flexibility index (Phi) is 4.80. The Bertz CT molecular complexity index is 873. The Morgan fingerprint density at radius 1 is 1.26 bits per heavy atom. The van der Waals surface area contributed by atoms with Gasteiger partial charge in [0, 0.05) is 37.7 Å². The van der Waals surface area contributed by atoms with E-state index in [9.17, 15) is 18.7 Å². The summed E-state index contributed by atoms with van der Waals surface area (Å²) in [5, 5.41) is 10.1. The van der Waals surface area contributed by atoms with Crippen LogP contribution in [0.4, 0.5) is 8.78 Å². The smallest absolute Gasteiger partial charge is 0.258 e. The van der Waals surface area contributed by atoms with E-state index in [-0.39, 0.29) is 24.6 Å². The second kappa shape index (κ2) is 7.25. The lowest BCUT2D eigenvalue weighted by Crippen LogP contribution is -2.41. The molecule has 0 bridgehead atoms. The van der Waals surface area contributed by atoms with Crippen molar-refractivity contribution in [1.29, 1.82) is 0 Å². The van der Waals surface area contributed by atoms with Crippen LogP contribution >= 0.6 is 0 Å². The molecule has 2 aliphatic heterocycles. The van der Waals surface area contributed by atoms with E-state index in [1.807, 2.05) is 6.07 Å². The number of fused-ring (bicyclic) bond motifs is 1. The van der Waals surface area contributed by atoms with Crippen LogP contribution in [0.15, 0.2) is 36.4 Å². The van der Waals surface area contributed by atoms with Crippen molar-refractivity contribution in [3.8, 4) is 5.75 Å². The first-order valence-electron chi connectivity index (χ1n) is 8.80. The number of halogens is 2. The van der Waals surface area contributed by atoms with E-state index in [2.05, 4.69) is 0 Å². The number of ether oxygens (including phenoxy) is 2. The number of hydrogen-bond donors (Lipinski definition) is 1. The molecule has 2 aromatic rings. The highest BCUT2D eigenvalue weighted by molar-refractivity contribution is 6.01. The molecule has 142 valence electrons. The molecular formula is C20H19F2NO4. The topological polar surface area (TPSA) is 59.0 Å². The van der Waals surface area contributed by atoms with E-state index in [0.717, 1.165) is 11.6 Å². The van der Waals surface area contributed by atoms with Crippen molar-refractivity contribution in [3.63, 3.8) is 0 Å². The van der Waals surface area contributed by atoms with Crippen LogP contribution in [0.25, 0.3) is 0 Å². The van der Waals surface area contributed by atoms with Crippen molar-refractivity contribution in [2.24, 2.45) is 0 Å². The van der Waals surface area contributed by atoms with Gasteiger partial charge in [-0.3, -0.25) is 4.79 Å². The molecule has 0 aliphatic carbocycles. The lowest BCUT2D eigenvalue weighted by molar-refractivity contribution is -0.0736. The molecule has 2 atom stereocenters. The third kappa shape index (κ3) is 3.52. The van der Waals surface area contributed by atoms with Crippen LogP contribution in [0.1, 0.15) is 27.9 Å². The molecule has 4 rings (SSSR count). The van der Waals surface area contributed by atoms with Gasteiger partial charge in [0.25, 0.3) is 5.91 Å². The maximum absolute atomic E-state index is 13.9. The van der Waals surface area contributed by atoms with E-state index in [4.69, 9.17) is 9.47 Å². The van der Waals surface area contributed by atoms with Crippen molar-refractivity contribution < 1.29 is 28.2 Å². The summed E-state index contributed by atoms with van der Waals surface area (Å²) >= 11 is 0. The molecule has 2 aromatic carbocycles. The molecule has 0 saturated carbocycles. The summed E-state index contributed by atoms with van der Waals surface area (Å²) in [6.45, 7) is 1.08. The molecule has 27 heavy (non-hydrogen) atoms. The van der Waals surface area contributed by atoms with Crippen LogP contribution in [0.2, 0.25) is 0 Å². The summed E-state index contributed by atoms with van der Waals surface area (Å²) in [6, 6.07) is 8.59. The lowest BCUT2D eigenvalue weighted by Gasteiger charge is -2.28. The fraction of sp³-hybridized carbons (Fsp3) is 0.350. The van der Waals surface area contributed by atoms with Gasteiger partial charge >= 0.3 is 0 Å². The number of carbonyl (C=O) groups is 1. The number of aliphatic hydroxyl groups excluding tert-OH is 1. The molecule has 1 amide bonds. The third-order valence-electron chi connectivity index (χ3n) is 4.90. The fourth-order valence-electron chi connectivity index (χ4n) is 3.44. The zero-order valence-corrected chi connectivity index (χ0v) is 14.5. The Hall–Kier alpha value is -2.51. The highest BCUT2D eigenvalue weighted by Crippen LogP contribution is 2.33. The minimum absolute atomic E-state index is 0.0359. The summed E-state index contributed by atoms with van der Waals surface area (Å²) in [7, 11) is 0. The average molecular weight is 375 g/mol. The van der Waals surface area contributed by atoms with Gasteiger partial charge in [0.1, 0.15) is 23.5 Å². The molecule has 5 nitrogen and oxygen atoms in total.